The van der Waals surface area contributed by atoms with E-state index in [1.807, 2.05) is 19.1 Å². The monoisotopic (exact) mass is 468 g/mol. The first kappa shape index (κ1) is 23.1. The Morgan fingerprint density at radius 3 is 2.33 bits per heavy atom. The summed E-state index contributed by atoms with van der Waals surface area (Å²) >= 11 is 0. The Morgan fingerprint density at radius 1 is 0.970 bits per heavy atom. The summed E-state index contributed by atoms with van der Waals surface area (Å²) in [7, 11) is -3.57. The lowest BCUT2D eigenvalue weighted by molar-refractivity contribution is 0.0596. The molecule has 1 aliphatic heterocycles. The number of sulfone groups is 1. The number of ether oxygens (including phenoxy) is 1. The second kappa shape index (κ2) is 10.2. The predicted molar refractivity (Wildman–Crippen MR) is 125 cm³/mol. The maximum Gasteiger partial charge on any atom is 0.289 e. The number of carbonyl (C=O) groups is 1. The minimum absolute atomic E-state index is 0.106. The van der Waals surface area contributed by atoms with E-state index in [9.17, 15) is 13.2 Å². The molecule has 0 aliphatic carbocycles. The van der Waals surface area contributed by atoms with Gasteiger partial charge in [-0.25, -0.2) is 8.42 Å². The van der Waals surface area contributed by atoms with Crippen LogP contribution in [0.4, 0.5) is 0 Å². The van der Waals surface area contributed by atoms with Gasteiger partial charge >= 0.3 is 0 Å². The van der Waals surface area contributed by atoms with E-state index >= 15 is 0 Å². The molecule has 8 heteroatoms. The quantitative estimate of drug-likeness (QED) is 0.503. The smallest absolute Gasteiger partial charge is 0.289 e. The minimum Gasteiger partial charge on any atom is -0.494 e. The first-order chi connectivity index (χ1) is 16.0. The summed E-state index contributed by atoms with van der Waals surface area (Å²) < 4.78 is 36.4. The van der Waals surface area contributed by atoms with Crippen LogP contribution in [-0.2, 0) is 22.1 Å². The van der Waals surface area contributed by atoms with E-state index in [1.165, 1.54) is 11.8 Å². The van der Waals surface area contributed by atoms with Gasteiger partial charge in [0.05, 0.1) is 23.5 Å². The highest BCUT2D eigenvalue weighted by Crippen LogP contribution is 2.22. The van der Waals surface area contributed by atoms with Gasteiger partial charge in [-0.2, -0.15) is 0 Å². The number of carbonyl (C=O) groups excluding carboxylic acids is 1. The van der Waals surface area contributed by atoms with E-state index in [4.69, 9.17) is 9.15 Å². The van der Waals surface area contributed by atoms with Crippen molar-refractivity contribution in [3.05, 3.63) is 83.8 Å². The van der Waals surface area contributed by atoms with Gasteiger partial charge < -0.3 is 14.1 Å². The Hall–Kier alpha value is -3.10. The number of hydrogen-bond acceptors (Lipinski definition) is 6. The molecule has 2 aromatic carbocycles. The second-order valence-corrected chi connectivity index (χ2v) is 9.98. The van der Waals surface area contributed by atoms with Crippen molar-refractivity contribution in [2.24, 2.45) is 0 Å². The van der Waals surface area contributed by atoms with E-state index in [-0.39, 0.29) is 22.3 Å². The molecular formula is C25H28N2O5S. The maximum atomic E-state index is 13.1. The zero-order valence-electron chi connectivity index (χ0n) is 18.6. The standard InChI is InChI=1S/C25H28N2O5S/c1-2-31-22-10-8-20(9-11-22)18-26-13-15-27(16-14-26)25(28)24-21(12-17-32-24)19-33(29,30)23-6-4-3-5-7-23/h3-12,17H,2,13-16,18-19H2,1H3. The average molecular weight is 469 g/mol. The summed E-state index contributed by atoms with van der Waals surface area (Å²) in [5.74, 6) is 0.431. The lowest BCUT2D eigenvalue weighted by atomic mass is 10.2. The van der Waals surface area contributed by atoms with Crippen molar-refractivity contribution in [3.63, 3.8) is 0 Å². The third kappa shape index (κ3) is 5.64. The van der Waals surface area contributed by atoms with E-state index in [1.54, 1.807) is 41.3 Å². The van der Waals surface area contributed by atoms with E-state index in [0.29, 0.717) is 25.3 Å². The van der Waals surface area contributed by atoms with Crippen molar-refractivity contribution < 1.29 is 22.4 Å². The first-order valence-electron chi connectivity index (χ1n) is 11.0. The number of rotatable bonds is 8. The van der Waals surface area contributed by atoms with Gasteiger partial charge in [-0.05, 0) is 42.8 Å². The molecule has 1 aromatic heterocycles. The van der Waals surface area contributed by atoms with Crippen molar-refractivity contribution in [1.29, 1.82) is 0 Å². The van der Waals surface area contributed by atoms with Gasteiger partial charge in [-0.1, -0.05) is 30.3 Å². The first-order valence-corrected chi connectivity index (χ1v) is 12.7. The summed E-state index contributed by atoms with van der Waals surface area (Å²) in [6.07, 6.45) is 1.38. The summed E-state index contributed by atoms with van der Waals surface area (Å²) in [6.45, 7) is 5.99. The van der Waals surface area contributed by atoms with Gasteiger partial charge in [0.1, 0.15) is 5.75 Å². The molecule has 0 unspecified atom stereocenters. The molecule has 1 aliphatic rings. The van der Waals surface area contributed by atoms with Gasteiger partial charge in [0.25, 0.3) is 5.91 Å². The Labute approximate surface area is 194 Å². The van der Waals surface area contributed by atoms with Gasteiger partial charge in [0.15, 0.2) is 15.6 Å². The van der Waals surface area contributed by atoms with E-state index < -0.39 is 9.84 Å². The number of nitrogens with zero attached hydrogens (tertiary/aromatic N) is 2. The molecule has 0 N–H and O–H groups in total. The molecule has 0 atom stereocenters. The lowest BCUT2D eigenvalue weighted by Gasteiger charge is -2.34. The highest BCUT2D eigenvalue weighted by molar-refractivity contribution is 7.90. The van der Waals surface area contributed by atoms with Crippen LogP contribution >= 0.6 is 0 Å². The Balaban J connectivity index is 1.35. The second-order valence-electron chi connectivity index (χ2n) is 7.99. The fourth-order valence-electron chi connectivity index (χ4n) is 3.92. The van der Waals surface area contributed by atoms with Crippen molar-refractivity contribution in [3.8, 4) is 5.75 Å². The summed E-state index contributed by atoms with van der Waals surface area (Å²) in [5.41, 5.74) is 1.58. The van der Waals surface area contributed by atoms with Crippen molar-refractivity contribution in [1.82, 2.24) is 9.80 Å². The molecule has 2 heterocycles. The highest BCUT2D eigenvalue weighted by Gasteiger charge is 2.28. The highest BCUT2D eigenvalue weighted by atomic mass is 32.2. The Kier molecular flexibility index (Phi) is 7.15. The molecule has 3 aromatic rings. The fourth-order valence-corrected chi connectivity index (χ4v) is 5.30. The Bertz CT molecular complexity index is 1170. The van der Waals surface area contributed by atoms with E-state index in [0.717, 1.165) is 25.4 Å². The normalized spacial score (nSPS) is 14.9. The van der Waals surface area contributed by atoms with Crippen LogP contribution in [0.2, 0.25) is 0 Å². The minimum atomic E-state index is -3.57. The molecule has 0 bridgehead atoms. The molecule has 0 radical (unpaired) electrons. The topological polar surface area (TPSA) is 80.1 Å². The third-order valence-corrected chi connectivity index (χ3v) is 7.37. The van der Waals surface area contributed by atoms with Crippen LogP contribution in [0.3, 0.4) is 0 Å². The molecule has 7 nitrogen and oxygen atoms in total. The molecular weight excluding hydrogens is 440 g/mol. The van der Waals surface area contributed by atoms with Gasteiger partial charge in [-0.3, -0.25) is 9.69 Å². The van der Waals surface area contributed by atoms with Gasteiger partial charge in [0, 0.05) is 38.3 Å². The number of amides is 1. The molecule has 1 fully saturated rings. The predicted octanol–water partition coefficient (Wildman–Crippen LogP) is 3.61. The van der Waals surface area contributed by atoms with Crippen LogP contribution in [0.5, 0.6) is 5.75 Å². The lowest BCUT2D eigenvalue weighted by Crippen LogP contribution is -2.48. The Morgan fingerprint density at radius 2 is 1.67 bits per heavy atom. The van der Waals surface area contributed by atoms with Gasteiger partial charge in [-0.15, -0.1) is 0 Å². The largest absolute Gasteiger partial charge is 0.494 e. The molecule has 174 valence electrons. The molecule has 1 amide bonds. The van der Waals surface area contributed by atoms with Crippen LogP contribution in [0.25, 0.3) is 0 Å². The molecule has 1 saturated heterocycles. The molecule has 0 spiro atoms. The maximum absolute atomic E-state index is 13.1. The van der Waals surface area contributed by atoms with E-state index in [2.05, 4.69) is 17.0 Å². The summed E-state index contributed by atoms with van der Waals surface area (Å²) in [5, 5.41) is 0. The number of benzene rings is 2. The fraction of sp³-hybridized carbons (Fsp3) is 0.320. The molecule has 33 heavy (non-hydrogen) atoms. The zero-order chi connectivity index (χ0) is 23.3. The number of hydrogen-bond donors (Lipinski definition) is 0. The van der Waals surface area contributed by atoms with Crippen molar-refractivity contribution >= 4 is 15.7 Å². The average Bonchev–Trinajstić information content (AvgIpc) is 3.28. The summed E-state index contributed by atoms with van der Waals surface area (Å²) in [4.78, 5) is 17.3. The van der Waals surface area contributed by atoms with Crippen molar-refractivity contribution in [2.45, 2.75) is 24.1 Å². The number of furan rings is 1. The molecule has 0 saturated carbocycles. The van der Waals surface area contributed by atoms with Crippen molar-refractivity contribution in [2.75, 3.05) is 32.8 Å². The zero-order valence-corrected chi connectivity index (χ0v) is 19.5. The van der Waals surface area contributed by atoms with Crippen LogP contribution in [0.1, 0.15) is 28.6 Å². The van der Waals surface area contributed by atoms with Crippen LogP contribution in [-0.4, -0.2) is 56.9 Å². The van der Waals surface area contributed by atoms with Crippen LogP contribution < -0.4 is 4.74 Å². The van der Waals surface area contributed by atoms with Crippen LogP contribution in [0.15, 0.2) is 76.2 Å². The summed E-state index contributed by atoms with van der Waals surface area (Å²) in [6, 6.07) is 17.9. The third-order valence-electron chi connectivity index (χ3n) is 5.69. The molecule has 4 rings (SSSR count). The SMILES string of the molecule is CCOc1ccc(CN2CCN(C(=O)c3occc3CS(=O)(=O)c3ccccc3)CC2)cc1. The van der Waals surface area contributed by atoms with Gasteiger partial charge in [0.2, 0.25) is 0 Å². The van der Waals surface area contributed by atoms with Crippen LogP contribution in [0, 0.1) is 0 Å². The number of piperazine rings is 1.